The fourth-order valence-electron chi connectivity index (χ4n) is 1.89. The number of amidine groups is 1. The summed E-state index contributed by atoms with van der Waals surface area (Å²) in [5.74, 6) is -0.264. The minimum Gasteiger partial charge on any atom is -0.409 e. The zero-order chi connectivity index (χ0) is 13.0. The number of hydrogen-bond donors (Lipinski definition) is 3. The van der Waals surface area contributed by atoms with Crippen molar-refractivity contribution in [1.82, 2.24) is 0 Å². The number of nitrogens with two attached hydrogens (primary N) is 1. The highest BCUT2D eigenvalue weighted by molar-refractivity contribution is 5.92. The van der Waals surface area contributed by atoms with E-state index in [0.717, 1.165) is 0 Å². The van der Waals surface area contributed by atoms with Crippen LogP contribution in [0.4, 0.5) is 0 Å². The number of aliphatic hydroxyl groups is 1. The summed E-state index contributed by atoms with van der Waals surface area (Å²) >= 11 is 0. The van der Waals surface area contributed by atoms with Gasteiger partial charge in [-0.25, -0.2) is 0 Å². The largest absolute Gasteiger partial charge is 0.409 e. The first-order valence-corrected chi connectivity index (χ1v) is 5.51. The molecule has 0 saturated heterocycles. The van der Waals surface area contributed by atoms with Crippen LogP contribution in [0.1, 0.15) is 11.1 Å². The molecule has 2 rings (SSSR count). The quantitative estimate of drug-likeness (QED) is 0.331. The van der Waals surface area contributed by atoms with Gasteiger partial charge in [-0.05, 0) is 11.1 Å². The Morgan fingerprint density at radius 3 is 1.61 bits per heavy atom. The first-order chi connectivity index (χ1) is 8.69. The van der Waals surface area contributed by atoms with Crippen LogP contribution in [0.5, 0.6) is 0 Å². The smallest absolute Gasteiger partial charge is 0.180 e. The summed E-state index contributed by atoms with van der Waals surface area (Å²) in [5.41, 5.74) is 5.13. The zero-order valence-corrected chi connectivity index (χ0v) is 9.69. The van der Waals surface area contributed by atoms with Gasteiger partial charge in [-0.15, -0.1) is 0 Å². The molecule has 4 heteroatoms. The van der Waals surface area contributed by atoms with Gasteiger partial charge in [0.2, 0.25) is 0 Å². The second-order valence-corrected chi connectivity index (χ2v) is 3.93. The molecule has 0 saturated carbocycles. The van der Waals surface area contributed by atoms with Gasteiger partial charge in [0, 0.05) is 0 Å². The fourth-order valence-corrected chi connectivity index (χ4v) is 1.89. The lowest BCUT2D eigenvalue weighted by molar-refractivity contribution is 0.148. The number of rotatable bonds is 3. The zero-order valence-electron chi connectivity index (χ0n) is 9.69. The SMILES string of the molecule is NC(=NO)C(O)(c1ccccc1)c1ccccc1. The van der Waals surface area contributed by atoms with Crippen molar-refractivity contribution in [2.45, 2.75) is 5.60 Å². The summed E-state index contributed by atoms with van der Waals surface area (Å²) in [6, 6.07) is 17.7. The van der Waals surface area contributed by atoms with E-state index >= 15 is 0 Å². The third-order valence-electron chi connectivity index (χ3n) is 2.86. The molecule has 0 fully saturated rings. The third kappa shape index (κ3) is 1.94. The molecule has 0 radical (unpaired) electrons. The number of nitrogens with zero attached hydrogens (tertiary/aromatic N) is 1. The molecule has 0 spiro atoms. The highest BCUT2D eigenvalue weighted by atomic mass is 16.4. The first-order valence-electron chi connectivity index (χ1n) is 5.51. The highest BCUT2D eigenvalue weighted by Gasteiger charge is 2.36. The van der Waals surface area contributed by atoms with Crippen molar-refractivity contribution in [3.63, 3.8) is 0 Å². The lowest BCUT2D eigenvalue weighted by atomic mass is 9.85. The van der Waals surface area contributed by atoms with E-state index in [4.69, 9.17) is 10.9 Å². The summed E-state index contributed by atoms with van der Waals surface area (Å²) in [5, 5.41) is 22.7. The predicted molar refractivity (Wildman–Crippen MR) is 69.3 cm³/mol. The van der Waals surface area contributed by atoms with Crippen LogP contribution in [0.15, 0.2) is 65.8 Å². The molecule has 0 unspecified atom stereocenters. The molecular weight excluding hydrogens is 228 g/mol. The minimum absolute atomic E-state index is 0.264. The van der Waals surface area contributed by atoms with Crippen LogP contribution in [0.25, 0.3) is 0 Å². The molecule has 2 aromatic carbocycles. The van der Waals surface area contributed by atoms with E-state index in [1.54, 1.807) is 48.5 Å². The Labute approximate surface area is 105 Å². The van der Waals surface area contributed by atoms with Gasteiger partial charge in [0.05, 0.1) is 0 Å². The topological polar surface area (TPSA) is 78.8 Å². The standard InChI is InChI=1S/C14H14N2O2/c15-13(16-18)14(17,11-7-3-1-4-8-11)12-9-5-2-6-10-12/h1-10,17-18H,(H2,15,16). The van der Waals surface area contributed by atoms with Crippen LogP contribution in [0.2, 0.25) is 0 Å². The van der Waals surface area contributed by atoms with Gasteiger partial charge in [0.1, 0.15) is 0 Å². The molecule has 0 amide bonds. The Hall–Kier alpha value is -2.33. The summed E-state index contributed by atoms with van der Waals surface area (Å²) in [7, 11) is 0. The summed E-state index contributed by atoms with van der Waals surface area (Å²) in [6.45, 7) is 0. The Bertz CT molecular complexity index is 499. The molecule has 4 N–H and O–H groups in total. The van der Waals surface area contributed by atoms with Gasteiger partial charge < -0.3 is 16.0 Å². The molecule has 0 heterocycles. The van der Waals surface area contributed by atoms with Crippen molar-refractivity contribution in [3.8, 4) is 0 Å². The summed E-state index contributed by atoms with van der Waals surface area (Å²) < 4.78 is 0. The molecule has 2 aromatic rings. The van der Waals surface area contributed by atoms with Gasteiger partial charge in [0.15, 0.2) is 11.4 Å². The van der Waals surface area contributed by atoms with E-state index in [2.05, 4.69) is 5.16 Å². The van der Waals surface area contributed by atoms with E-state index in [0.29, 0.717) is 11.1 Å². The third-order valence-corrected chi connectivity index (χ3v) is 2.86. The molecule has 0 aromatic heterocycles. The average molecular weight is 242 g/mol. The van der Waals surface area contributed by atoms with Crippen LogP contribution in [0.3, 0.4) is 0 Å². The maximum absolute atomic E-state index is 10.8. The van der Waals surface area contributed by atoms with E-state index < -0.39 is 5.60 Å². The van der Waals surface area contributed by atoms with Crippen molar-refractivity contribution in [2.24, 2.45) is 10.9 Å². The molecule has 0 atom stereocenters. The molecule has 92 valence electrons. The van der Waals surface area contributed by atoms with Crippen molar-refractivity contribution in [2.75, 3.05) is 0 Å². The molecule has 4 nitrogen and oxygen atoms in total. The van der Waals surface area contributed by atoms with Crippen LogP contribution in [0, 0.1) is 0 Å². The summed E-state index contributed by atoms with van der Waals surface area (Å²) in [6.07, 6.45) is 0. The maximum atomic E-state index is 10.8. The molecule has 0 bridgehead atoms. The Balaban J connectivity index is 2.63. The van der Waals surface area contributed by atoms with Gasteiger partial charge >= 0.3 is 0 Å². The Morgan fingerprint density at radius 2 is 1.28 bits per heavy atom. The van der Waals surface area contributed by atoms with Crippen molar-refractivity contribution in [3.05, 3.63) is 71.8 Å². The Morgan fingerprint density at radius 1 is 0.889 bits per heavy atom. The number of hydrogen-bond acceptors (Lipinski definition) is 3. The molecular formula is C14H14N2O2. The second kappa shape index (κ2) is 4.89. The normalized spacial score (nSPS) is 12.4. The molecule has 0 aliphatic rings. The highest BCUT2D eigenvalue weighted by Crippen LogP contribution is 2.29. The number of benzene rings is 2. The first kappa shape index (κ1) is 12.1. The van der Waals surface area contributed by atoms with Crippen LogP contribution in [-0.4, -0.2) is 16.1 Å². The van der Waals surface area contributed by atoms with E-state index in [-0.39, 0.29) is 5.84 Å². The van der Waals surface area contributed by atoms with E-state index in [1.807, 2.05) is 12.1 Å². The monoisotopic (exact) mass is 242 g/mol. The number of oxime groups is 1. The lowest BCUT2D eigenvalue weighted by Crippen LogP contribution is -2.42. The van der Waals surface area contributed by atoms with Crippen LogP contribution in [-0.2, 0) is 5.60 Å². The van der Waals surface area contributed by atoms with Crippen molar-refractivity contribution >= 4 is 5.84 Å². The minimum atomic E-state index is -1.63. The van der Waals surface area contributed by atoms with Crippen molar-refractivity contribution in [1.29, 1.82) is 0 Å². The van der Waals surface area contributed by atoms with Gasteiger partial charge in [-0.2, -0.15) is 0 Å². The summed E-state index contributed by atoms with van der Waals surface area (Å²) in [4.78, 5) is 0. The van der Waals surface area contributed by atoms with Crippen molar-refractivity contribution < 1.29 is 10.3 Å². The van der Waals surface area contributed by atoms with Gasteiger partial charge in [0.25, 0.3) is 0 Å². The van der Waals surface area contributed by atoms with E-state index in [9.17, 15) is 5.11 Å². The molecule has 18 heavy (non-hydrogen) atoms. The van der Waals surface area contributed by atoms with Gasteiger partial charge in [-0.1, -0.05) is 65.8 Å². The molecule has 0 aliphatic heterocycles. The lowest BCUT2D eigenvalue weighted by Gasteiger charge is -2.27. The molecule has 0 aliphatic carbocycles. The van der Waals surface area contributed by atoms with Crippen LogP contribution >= 0.6 is 0 Å². The van der Waals surface area contributed by atoms with Crippen LogP contribution < -0.4 is 5.73 Å². The second-order valence-electron chi connectivity index (χ2n) is 3.93. The Kier molecular flexibility index (Phi) is 3.30. The fraction of sp³-hybridized carbons (Fsp3) is 0.0714. The van der Waals surface area contributed by atoms with E-state index in [1.165, 1.54) is 0 Å². The average Bonchev–Trinajstić information content (AvgIpc) is 2.47. The predicted octanol–water partition coefficient (Wildman–Crippen LogP) is 1.67. The van der Waals surface area contributed by atoms with Gasteiger partial charge in [-0.3, -0.25) is 0 Å². The maximum Gasteiger partial charge on any atom is 0.180 e.